The molecule has 2 aromatic heterocycles. The SMILES string of the molecule is CCn1nccc1C(C)NCc1cnn(C)c1C. The number of hydrogen-bond acceptors (Lipinski definition) is 3. The third kappa shape index (κ3) is 2.46. The van der Waals surface area contributed by atoms with Crippen LogP contribution in [0, 0.1) is 6.92 Å². The molecule has 0 aromatic carbocycles. The third-order valence-electron chi connectivity index (χ3n) is 3.43. The van der Waals surface area contributed by atoms with Crippen LogP contribution in [0.5, 0.6) is 0 Å². The zero-order valence-electron chi connectivity index (χ0n) is 11.5. The second kappa shape index (κ2) is 5.35. The molecule has 1 atom stereocenters. The largest absolute Gasteiger partial charge is 0.305 e. The van der Waals surface area contributed by atoms with E-state index in [1.807, 2.05) is 28.8 Å². The van der Waals surface area contributed by atoms with Crippen molar-refractivity contribution in [3.05, 3.63) is 35.4 Å². The van der Waals surface area contributed by atoms with Crippen LogP contribution in [0.25, 0.3) is 0 Å². The fourth-order valence-corrected chi connectivity index (χ4v) is 2.06. The van der Waals surface area contributed by atoms with E-state index in [-0.39, 0.29) is 6.04 Å². The van der Waals surface area contributed by atoms with Crippen molar-refractivity contribution in [1.29, 1.82) is 0 Å². The summed E-state index contributed by atoms with van der Waals surface area (Å²) in [6.07, 6.45) is 3.78. The van der Waals surface area contributed by atoms with Crippen LogP contribution in [0.4, 0.5) is 0 Å². The molecule has 98 valence electrons. The molecule has 2 rings (SSSR count). The Labute approximate surface area is 108 Å². The summed E-state index contributed by atoms with van der Waals surface area (Å²) in [5.74, 6) is 0. The molecule has 0 amide bonds. The van der Waals surface area contributed by atoms with Gasteiger partial charge in [0.2, 0.25) is 0 Å². The summed E-state index contributed by atoms with van der Waals surface area (Å²) in [6, 6.07) is 2.35. The smallest absolute Gasteiger partial charge is 0.0550 e. The fraction of sp³-hybridized carbons (Fsp3) is 0.538. The zero-order valence-corrected chi connectivity index (χ0v) is 11.5. The van der Waals surface area contributed by atoms with Gasteiger partial charge in [0, 0.05) is 43.6 Å². The molecule has 1 N–H and O–H groups in total. The molecule has 5 nitrogen and oxygen atoms in total. The summed E-state index contributed by atoms with van der Waals surface area (Å²) in [6.45, 7) is 8.09. The maximum absolute atomic E-state index is 4.29. The highest BCUT2D eigenvalue weighted by atomic mass is 15.3. The van der Waals surface area contributed by atoms with E-state index in [9.17, 15) is 0 Å². The summed E-state index contributed by atoms with van der Waals surface area (Å²) in [4.78, 5) is 0. The highest BCUT2D eigenvalue weighted by Gasteiger charge is 2.11. The van der Waals surface area contributed by atoms with Gasteiger partial charge >= 0.3 is 0 Å². The maximum Gasteiger partial charge on any atom is 0.0550 e. The number of nitrogens with zero attached hydrogens (tertiary/aromatic N) is 4. The van der Waals surface area contributed by atoms with Crippen LogP contribution >= 0.6 is 0 Å². The van der Waals surface area contributed by atoms with Gasteiger partial charge in [0.05, 0.1) is 11.9 Å². The number of rotatable bonds is 5. The van der Waals surface area contributed by atoms with Gasteiger partial charge in [-0.3, -0.25) is 9.36 Å². The van der Waals surface area contributed by atoms with Crippen molar-refractivity contribution in [2.75, 3.05) is 0 Å². The molecule has 18 heavy (non-hydrogen) atoms. The van der Waals surface area contributed by atoms with Crippen LogP contribution < -0.4 is 5.32 Å². The Balaban J connectivity index is 2.00. The van der Waals surface area contributed by atoms with Gasteiger partial charge in [-0.25, -0.2) is 0 Å². The van der Waals surface area contributed by atoms with Gasteiger partial charge in [-0.1, -0.05) is 0 Å². The van der Waals surface area contributed by atoms with Crippen molar-refractivity contribution in [3.63, 3.8) is 0 Å². The minimum atomic E-state index is 0.284. The quantitative estimate of drug-likeness (QED) is 0.876. The van der Waals surface area contributed by atoms with Crippen LogP contribution in [0.3, 0.4) is 0 Å². The molecule has 0 radical (unpaired) electrons. The lowest BCUT2D eigenvalue weighted by molar-refractivity contribution is 0.508. The molecular weight excluding hydrogens is 226 g/mol. The van der Waals surface area contributed by atoms with Crippen molar-refractivity contribution in [2.24, 2.45) is 7.05 Å². The monoisotopic (exact) mass is 247 g/mol. The van der Waals surface area contributed by atoms with Crippen molar-refractivity contribution in [1.82, 2.24) is 24.9 Å². The Bertz CT molecular complexity index is 511. The first-order chi connectivity index (χ1) is 8.63. The van der Waals surface area contributed by atoms with Crippen LogP contribution in [-0.2, 0) is 20.1 Å². The Kier molecular flexibility index (Phi) is 3.81. The summed E-state index contributed by atoms with van der Waals surface area (Å²) in [5.41, 5.74) is 3.67. The lowest BCUT2D eigenvalue weighted by Gasteiger charge is -2.15. The van der Waals surface area contributed by atoms with Gasteiger partial charge in [-0.2, -0.15) is 10.2 Å². The lowest BCUT2D eigenvalue weighted by Crippen LogP contribution is -2.21. The average molecular weight is 247 g/mol. The summed E-state index contributed by atoms with van der Waals surface area (Å²) >= 11 is 0. The standard InChI is InChI=1S/C13H21N5/c1-5-18-13(6-7-15-18)10(2)14-8-12-9-16-17(4)11(12)3/h6-7,9-10,14H,5,8H2,1-4H3. The van der Waals surface area contributed by atoms with E-state index in [2.05, 4.69) is 42.4 Å². The molecule has 5 heteroatoms. The zero-order chi connectivity index (χ0) is 13.1. The minimum absolute atomic E-state index is 0.284. The van der Waals surface area contributed by atoms with E-state index in [4.69, 9.17) is 0 Å². The molecule has 0 aliphatic heterocycles. The third-order valence-corrected chi connectivity index (χ3v) is 3.43. The van der Waals surface area contributed by atoms with E-state index in [0.29, 0.717) is 0 Å². The molecule has 0 aliphatic carbocycles. The molecule has 0 saturated carbocycles. The highest BCUT2D eigenvalue weighted by Crippen LogP contribution is 2.13. The Morgan fingerprint density at radius 3 is 2.78 bits per heavy atom. The van der Waals surface area contributed by atoms with Crippen molar-refractivity contribution < 1.29 is 0 Å². The molecule has 2 aromatic rings. The highest BCUT2D eigenvalue weighted by molar-refractivity contribution is 5.16. The predicted molar refractivity (Wildman–Crippen MR) is 71.1 cm³/mol. The van der Waals surface area contributed by atoms with Crippen LogP contribution in [0.2, 0.25) is 0 Å². The number of nitrogens with one attached hydrogen (secondary N) is 1. The summed E-state index contributed by atoms with van der Waals surface area (Å²) < 4.78 is 3.92. The van der Waals surface area contributed by atoms with Gasteiger partial charge in [0.1, 0.15) is 0 Å². The van der Waals surface area contributed by atoms with Crippen molar-refractivity contribution in [3.8, 4) is 0 Å². The molecule has 0 fully saturated rings. The number of aromatic nitrogens is 4. The van der Waals surface area contributed by atoms with Gasteiger partial charge in [-0.05, 0) is 26.8 Å². The summed E-state index contributed by atoms with van der Waals surface area (Å²) in [5, 5.41) is 12.1. The van der Waals surface area contributed by atoms with Crippen molar-refractivity contribution >= 4 is 0 Å². The van der Waals surface area contributed by atoms with Gasteiger partial charge in [0.15, 0.2) is 0 Å². The molecule has 1 unspecified atom stereocenters. The number of aryl methyl sites for hydroxylation is 2. The first-order valence-corrected chi connectivity index (χ1v) is 6.36. The molecule has 0 spiro atoms. The minimum Gasteiger partial charge on any atom is -0.305 e. The Morgan fingerprint density at radius 1 is 1.39 bits per heavy atom. The summed E-state index contributed by atoms with van der Waals surface area (Å²) in [7, 11) is 1.97. The predicted octanol–water partition coefficient (Wildman–Crippen LogP) is 1.80. The number of hydrogen-bond donors (Lipinski definition) is 1. The first kappa shape index (κ1) is 12.8. The molecule has 0 aliphatic rings. The first-order valence-electron chi connectivity index (χ1n) is 6.36. The maximum atomic E-state index is 4.29. The Hall–Kier alpha value is -1.62. The molecule has 0 saturated heterocycles. The lowest BCUT2D eigenvalue weighted by atomic mass is 10.2. The Morgan fingerprint density at radius 2 is 2.17 bits per heavy atom. The van der Waals surface area contributed by atoms with Crippen LogP contribution in [0.1, 0.15) is 36.8 Å². The van der Waals surface area contributed by atoms with Gasteiger partial charge < -0.3 is 5.32 Å². The van der Waals surface area contributed by atoms with Crippen LogP contribution in [-0.4, -0.2) is 19.6 Å². The van der Waals surface area contributed by atoms with E-state index in [0.717, 1.165) is 13.1 Å². The van der Waals surface area contributed by atoms with Gasteiger partial charge in [0.25, 0.3) is 0 Å². The second-order valence-electron chi connectivity index (χ2n) is 4.55. The normalized spacial score (nSPS) is 12.9. The van der Waals surface area contributed by atoms with Gasteiger partial charge in [-0.15, -0.1) is 0 Å². The van der Waals surface area contributed by atoms with E-state index >= 15 is 0 Å². The van der Waals surface area contributed by atoms with Crippen LogP contribution in [0.15, 0.2) is 18.5 Å². The molecular formula is C13H21N5. The van der Waals surface area contributed by atoms with E-state index in [1.54, 1.807) is 0 Å². The fourth-order valence-electron chi connectivity index (χ4n) is 2.06. The second-order valence-corrected chi connectivity index (χ2v) is 4.55. The van der Waals surface area contributed by atoms with E-state index in [1.165, 1.54) is 17.0 Å². The van der Waals surface area contributed by atoms with E-state index < -0.39 is 0 Å². The average Bonchev–Trinajstić information content (AvgIpc) is 2.96. The molecule has 0 bridgehead atoms. The van der Waals surface area contributed by atoms with Crippen molar-refractivity contribution in [2.45, 2.75) is 39.9 Å². The molecule has 2 heterocycles. The topological polar surface area (TPSA) is 47.7 Å².